The van der Waals surface area contributed by atoms with E-state index in [0.717, 1.165) is 16.5 Å². The minimum absolute atomic E-state index is 0.0162. The molecule has 3 aromatic carbocycles. The van der Waals surface area contributed by atoms with Gasteiger partial charge in [-0.3, -0.25) is 9.59 Å². The van der Waals surface area contributed by atoms with E-state index in [4.69, 9.17) is 23.2 Å². The zero-order valence-corrected chi connectivity index (χ0v) is 16.3. The first-order chi connectivity index (χ1) is 13.5. The number of carbonyl (C=O) groups is 2. The highest BCUT2D eigenvalue weighted by Gasteiger charge is 2.08. The number of carbonyl (C=O) groups excluding carboxylic acids is 2. The Labute approximate surface area is 172 Å². The quantitative estimate of drug-likeness (QED) is 0.440. The van der Waals surface area contributed by atoms with Crippen LogP contribution < -0.4 is 10.7 Å². The lowest BCUT2D eigenvalue weighted by Crippen LogP contribution is -2.20. The average Bonchev–Trinajstić information content (AvgIpc) is 2.68. The Morgan fingerprint density at radius 2 is 1.68 bits per heavy atom. The van der Waals surface area contributed by atoms with Crippen LogP contribution in [0, 0.1) is 0 Å². The minimum Gasteiger partial charge on any atom is -0.326 e. The van der Waals surface area contributed by atoms with Crippen molar-refractivity contribution in [1.29, 1.82) is 0 Å². The van der Waals surface area contributed by atoms with Crippen LogP contribution in [0.3, 0.4) is 0 Å². The zero-order chi connectivity index (χ0) is 19.9. The summed E-state index contributed by atoms with van der Waals surface area (Å²) in [5, 5.41) is 9.63. The zero-order valence-electron chi connectivity index (χ0n) is 14.8. The monoisotopic (exact) mass is 413 g/mol. The molecule has 0 aromatic heterocycles. The Balaban J connectivity index is 1.50. The van der Waals surface area contributed by atoms with Crippen molar-refractivity contribution in [1.82, 2.24) is 5.43 Å². The van der Waals surface area contributed by atoms with E-state index < -0.39 is 0 Å². The van der Waals surface area contributed by atoms with Gasteiger partial charge in [-0.1, -0.05) is 65.7 Å². The van der Waals surface area contributed by atoms with Crippen molar-refractivity contribution in [2.45, 2.75) is 12.8 Å². The standard InChI is InChI=1S/C21H17Cl2N3O2/c22-16-9-8-15(18(23)12-16)13-24-26-21(28)11-10-20(27)25-19-7-3-5-14-4-1-2-6-17(14)19/h1-9,12-13H,10-11H2,(H,25,27)(H,26,28)/b24-13+. The number of nitrogens with zero attached hydrogens (tertiary/aromatic N) is 1. The molecule has 2 amide bonds. The number of hydrogen-bond donors (Lipinski definition) is 2. The van der Waals surface area contributed by atoms with Gasteiger partial charge in [0.1, 0.15) is 0 Å². The second kappa shape index (κ2) is 9.35. The molecule has 0 bridgehead atoms. The molecule has 0 spiro atoms. The summed E-state index contributed by atoms with van der Waals surface area (Å²) >= 11 is 11.9. The number of fused-ring (bicyclic) bond motifs is 1. The van der Waals surface area contributed by atoms with E-state index in [1.807, 2.05) is 42.5 Å². The number of hydrogen-bond acceptors (Lipinski definition) is 3. The third-order valence-electron chi connectivity index (χ3n) is 4.00. The number of nitrogens with one attached hydrogen (secondary N) is 2. The number of rotatable bonds is 6. The number of anilines is 1. The van der Waals surface area contributed by atoms with Crippen LogP contribution in [-0.4, -0.2) is 18.0 Å². The third-order valence-corrected chi connectivity index (χ3v) is 4.56. The first kappa shape index (κ1) is 19.9. The molecule has 5 nitrogen and oxygen atoms in total. The smallest absolute Gasteiger partial charge is 0.240 e. The van der Waals surface area contributed by atoms with Gasteiger partial charge in [0, 0.05) is 34.5 Å². The molecule has 28 heavy (non-hydrogen) atoms. The van der Waals surface area contributed by atoms with Gasteiger partial charge in [0.15, 0.2) is 0 Å². The molecule has 3 rings (SSSR count). The highest BCUT2D eigenvalue weighted by molar-refractivity contribution is 6.36. The maximum atomic E-state index is 12.2. The van der Waals surface area contributed by atoms with Gasteiger partial charge < -0.3 is 5.32 Å². The van der Waals surface area contributed by atoms with E-state index in [2.05, 4.69) is 15.8 Å². The molecular formula is C21H17Cl2N3O2. The Kier molecular flexibility index (Phi) is 6.63. The van der Waals surface area contributed by atoms with Gasteiger partial charge in [-0.25, -0.2) is 5.43 Å². The molecule has 0 radical (unpaired) electrons. The molecule has 0 saturated heterocycles. The van der Waals surface area contributed by atoms with Gasteiger partial charge in [0.05, 0.1) is 11.2 Å². The Hall–Kier alpha value is -2.89. The molecule has 0 aliphatic rings. The second-order valence-corrected chi connectivity index (χ2v) is 6.88. The summed E-state index contributed by atoms with van der Waals surface area (Å²) in [5.74, 6) is -0.606. The maximum Gasteiger partial charge on any atom is 0.240 e. The predicted molar refractivity (Wildman–Crippen MR) is 114 cm³/mol. The summed E-state index contributed by atoms with van der Waals surface area (Å²) < 4.78 is 0. The first-order valence-electron chi connectivity index (χ1n) is 8.57. The number of halogens is 2. The first-order valence-corrected chi connectivity index (χ1v) is 9.33. The highest BCUT2D eigenvalue weighted by Crippen LogP contribution is 2.23. The van der Waals surface area contributed by atoms with E-state index in [-0.39, 0.29) is 24.7 Å². The van der Waals surface area contributed by atoms with Crippen molar-refractivity contribution in [2.24, 2.45) is 5.10 Å². The molecule has 142 valence electrons. The second-order valence-electron chi connectivity index (χ2n) is 6.03. The molecule has 0 fully saturated rings. The lowest BCUT2D eigenvalue weighted by Gasteiger charge is -2.08. The third kappa shape index (κ3) is 5.31. The molecule has 3 aromatic rings. The fraction of sp³-hybridized carbons (Fsp3) is 0.0952. The average molecular weight is 414 g/mol. The highest BCUT2D eigenvalue weighted by atomic mass is 35.5. The molecule has 0 atom stereocenters. The van der Waals surface area contributed by atoms with Crippen molar-refractivity contribution in [2.75, 3.05) is 5.32 Å². The van der Waals surface area contributed by atoms with Crippen molar-refractivity contribution in [3.8, 4) is 0 Å². The molecule has 0 heterocycles. The van der Waals surface area contributed by atoms with Crippen LogP contribution in [0.2, 0.25) is 10.0 Å². The number of hydrazone groups is 1. The van der Waals surface area contributed by atoms with Crippen LogP contribution >= 0.6 is 23.2 Å². The molecule has 2 N–H and O–H groups in total. The van der Waals surface area contributed by atoms with Crippen molar-refractivity contribution in [3.05, 3.63) is 76.3 Å². The van der Waals surface area contributed by atoms with Crippen LogP contribution in [0.1, 0.15) is 18.4 Å². The summed E-state index contributed by atoms with van der Waals surface area (Å²) in [5.41, 5.74) is 3.73. The van der Waals surface area contributed by atoms with Gasteiger partial charge in [0.2, 0.25) is 11.8 Å². The SMILES string of the molecule is O=C(CCC(=O)Nc1cccc2ccccc12)N/N=C/c1ccc(Cl)cc1Cl. The molecule has 0 unspecified atom stereocenters. The largest absolute Gasteiger partial charge is 0.326 e. The summed E-state index contributed by atoms with van der Waals surface area (Å²) in [4.78, 5) is 24.1. The van der Waals surface area contributed by atoms with Crippen LogP contribution in [0.4, 0.5) is 5.69 Å². The van der Waals surface area contributed by atoms with Gasteiger partial charge >= 0.3 is 0 Å². The lowest BCUT2D eigenvalue weighted by atomic mass is 10.1. The van der Waals surface area contributed by atoms with E-state index in [1.54, 1.807) is 18.2 Å². The maximum absolute atomic E-state index is 12.2. The van der Waals surface area contributed by atoms with Gasteiger partial charge in [-0.05, 0) is 23.6 Å². The molecular weight excluding hydrogens is 397 g/mol. The molecule has 0 aliphatic heterocycles. The van der Waals surface area contributed by atoms with Crippen LogP contribution in [-0.2, 0) is 9.59 Å². The van der Waals surface area contributed by atoms with Crippen molar-refractivity contribution >= 4 is 57.7 Å². The van der Waals surface area contributed by atoms with E-state index in [0.29, 0.717) is 15.6 Å². The summed E-state index contributed by atoms with van der Waals surface area (Å²) in [7, 11) is 0. The van der Waals surface area contributed by atoms with Gasteiger partial charge in [-0.15, -0.1) is 0 Å². The topological polar surface area (TPSA) is 70.6 Å². The van der Waals surface area contributed by atoms with Gasteiger partial charge in [-0.2, -0.15) is 5.10 Å². The van der Waals surface area contributed by atoms with Crippen LogP contribution in [0.25, 0.3) is 10.8 Å². The lowest BCUT2D eigenvalue weighted by molar-refractivity contribution is -0.124. The van der Waals surface area contributed by atoms with Gasteiger partial charge in [0.25, 0.3) is 0 Å². The van der Waals surface area contributed by atoms with Crippen LogP contribution in [0.5, 0.6) is 0 Å². The summed E-state index contributed by atoms with van der Waals surface area (Å²) in [6, 6.07) is 18.4. The molecule has 7 heteroatoms. The molecule has 0 saturated carbocycles. The van der Waals surface area contributed by atoms with Crippen molar-refractivity contribution < 1.29 is 9.59 Å². The Bertz CT molecular complexity index is 1050. The number of benzene rings is 3. The number of amides is 2. The van der Waals surface area contributed by atoms with E-state index in [1.165, 1.54) is 6.21 Å². The van der Waals surface area contributed by atoms with E-state index >= 15 is 0 Å². The molecule has 0 aliphatic carbocycles. The Morgan fingerprint density at radius 1 is 0.929 bits per heavy atom. The van der Waals surface area contributed by atoms with E-state index in [9.17, 15) is 9.59 Å². The van der Waals surface area contributed by atoms with Crippen molar-refractivity contribution in [3.63, 3.8) is 0 Å². The van der Waals surface area contributed by atoms with Crippen LogP contribution in [0.15, 0.2) is 65.8 Å². The summed E-state index contributed by atoms with van der Waals surface area (Å²) in [6.45, 7) is 0. The fourth-order valence-electron chi connectivity index (χ4n) is 2.61. The predicted octanol–water partition coefficient (Wildman–Crippen LogP) is 5.02. The fourth-order valence-corrected chi connectivity index (χ4v) is 3.07. The Morgan fingerprint density at radius 3 is 2.50 bits per heavy atom. The normalized spacial score (nSPS) is 10.9. The minimum atomic E-state index is -0.366. The summed E-state index contributed by atoms with van der Waals surface area (Å²) in [6.07, 6.45) is 1.49.